The molecule has 0 saturated carbocycles. The number of fused-ring (bicyclic) bond motifs is 2. The number of nitrogens with one attached hydrogen (secondary N) is 2. The zero-order chi connectivity index (χ0) is 21.7. The Kier molecular flexibility index (Phi) is 6.99. The molecular formula is C22H29N5O3. The molecule has 3 heterocycles. The van der Waals surface area contributed by atoms with Gasteiger partial charge < -0.3 is 14.6 Å². The number of pyridine rings is 2. The van der Waals surface area contributed by atoms with Gasteiger partial charge in [-0.15, -0.1) is 0 Å². The molecule has 0 aliphatic heterocycles. The minimum Gasteiger partial charge on any atom is -0.383 e. The number of nitrogens with zero attached hydrogens (tertiary/aromatic N) is 3. The minimum absolute atomic E-state index is 0.0669. The molecule has 3 aromatic heterocycles. The first-order chi connectivity index (χ1) is 14.5. The molecular weight excluding hydrogens is 382 g/mol. The molecule has 3 rings (SSSR count). The third-order valence-electron chi connectivity index (χ3n) is 5.13. The van der Waals surface area contributed by atoms with E-state index in [1.807, 2.05) is 13.0 Å². The lowest BCUT2D eigenvalue weighted by Crippen LogP contribution is -2.36. The van der Waals surface area contributed by atoms with E-state index in [-0.39, 0.29) is 16.6 Å². The maximum atomic E-state index is 13.2. The lowest BCUT2D eigenvalue weighted by molar-refractivity contribution is 0.0934. The van der Waals surface area contributed by atoms with E-state index in [2.05, 4.69) is 17.2 Å². The predicted octanol–water partition coefficient (Wildman–Crippen LogP) is 2.39. The van der Waals surface area contributed by atoms with E-state index in [4.69, 9.17) is 10.1 Å². The van der Waals surface area contributed by atoms with Crippen molar-refractivity contribution in [3.05, 3.63) is 51.4 Å². The van der Waals surface area contributed by atoms with Gasteiger partial charge in [0.25, 0.3) is 11.5 Å². The van der Waals surface area contributed by atoms with Crippen LogP contribution in [0.15, 0.2) is 29.2 Å². The van der Waals surface area contributed by atoms with Crippen LogP contribution in [0.3, 0.4) is 0 Å². The number of amides is 1. The van der Waals surface area contributed by atoms with E-state index in [0.29, 0.717) is 36.4 Å². The number of aromatic nitrogens is 3. The maximum absolute atomic E-state index is 13.2. The van der Waals surface area contributed by atoms with Gasteiger partial charge >= 0.3 is 0 Å². The normalized spacial score (nSPS) is 11.3. The molecule has 8 nitrogen and oxygen atoms in total. The molecule has 8 heteroatoms. The number of hydrogen-bond acceptors (Lipinski definition) is 5. The lowest BCUT2D eigenvalue weighted by Gasteiger charge is -2.15. The molecule has 0 aliphatic carbocycles. The van der Waals surface area contributed by atoms with Gasteiger partial charge in [0.2, 0.25) is 0 Å². The highest BCUT2D eigenvalue weighted by Gasteiger charge is 2.17. The average Bonchev–Trinajstić information content (AvgIpc) is 2.73. The van der Waals surface area contributed by atoms with Crippen LogP contribution in [0.1, 0.15) is 48.5 Å². The molecule has 2 N–H and O–H groups in total. The van der Waals surface area contributed by atoms with Crippen molar-refractivity contribution >= 4 is 22.6 Å². The third-order valence-corrected chi connectivity index (χ3v) is 5.13. The Bertz CT molecular complexity index is 1180. The molecule has 160 valence electrons. The van der Waals surface area contributed by atoms with E-state index in [9.17, 15) is 9.59 Å². The highest BCUT2D eigenvalue weighted by molar-refractivity contribution is 5.96. The number of rotatable bonds is 9. The summed E-state index contributed by atoms with van der Waals surface area (Å²) in [6, 6.07) is 5.19. The molecule has 0 radical (unpaired) electrons. The van der Waals surface area contributed by atoms with Gasteiger partial charge in [-0.25, -0.2) is 4.98 Å². The Balaban J connectivity index is 2.19. The van der Waals surface area contributed by atoms with Crippen LogP contribution in [-0.4, -0.2) is 40.1 Å². The van der Waals surface area contributed by atoms with Crippen LogP contribution in [-0.2, 0) is 11.3 Å². The molecule has 0 saturated heterocycles. The van der Waals surface area contributed by atoms with Crippen LogP contribution in [0.2, 0.25) is 0 Å². The van der Waals surface area contributed by atoms with Crippen molar-refractivity contribution < 1.29 is 9.53 Å². The summed E-state index contributed by atoms with van der Waals surface area (Å²) in [5.74, 6) is -0.394. The number of methoxy groups -OCH3 is 1. The summed E-state index contributed by atoms with van der Waals surface area (Å²) in [5.41, 5.74) is 1.90. The first-order valence-electron chi connectivity index (χ1n) is 10.4. The number of unbranched alkanes of at least 4 members (excludes halogenated alkanes) is 3. The van der Waals surface area contributed by atoms with E-state index < -0.39 is 5.91 Å². The minimum atomic E-state index is -0.394. The second kappa shape index (κ2) is 9.67. The first-order valence-corrected chi connectivity index (χ1v) is 10.4. The largest absolute Gasteiger partial charge is 0.383 e. The fraction of sp³-hybridized carbons (Fsp3) is 0.455. The molecule has 0 aliphatic rings. The summed E-state index contributed by atoms with van der Waals surface area (Å²) in [7, 11) is 1.56. The number of aryl methyl sites for hydroxylation is 2. The van der Waals surface area contributed by atoms with Crippen molar-refractivity contribution in [2.24, 2.45) is 0 Å². The summed E-state index contributed by atoms with van der Waals surface area (Å²) in [4.78, 5) is 30.6. The van der Waals surface area contributed by atoms with Crippen LogP contribution >= 0.6 is 0 Å². The Morgan fingerprint density at radius 3 is 2.80 bits per heavy atom. The van der Waals surface area contributed by atoms with Crippen molar-refractivity contribution in [2.45, 2.75) is 46.1 Å². The molecule has 30 heavy (non-hydrogen) atoms. The fourth-order valence-corrected chi connectivity index (χ4v) is 3.49. The highest BCUT2D eigenvalue weighted by atomic mass is 16.5. The average molecular weight is 412 g/mol. The Hall–Kier alpha value is -3.00. The number of ether oxygens (including phenoxy) is 1. The van der Waals surface area contributed by atoms with E-state index in [1.54, 1.807) is 23.9 Å². The molecule has 1 amide bonds. The SMILES string of the molecule is CCCCCCn1c(=N)c(C(=O)NCCOC)cc2c(=O)n3cc(C)ccc3nc21. The van der Waals surface area contributed by atoms with Gasteiger partial charge in [0.05, 0.1) is 17.6 Å². The van der Waals surface area contributed by atoms with Gasteiger partial charge in [0.1, 0.15) is 16.8 Å². The van der Waals surface area contributed by atoms with Crippen LogP contribution in [0.5, 0.6) is 0 Å². The Morgan fingerprint density at radius 2 is 2.07 bits per heavy atom. The van der Waals surface area contributed by atoms with E-state index >= 15 is 0 Å². The Labute approximate surface area is 175 Å². The van der Waals surface area contributed by atoms with Crippen molar-refractivity contribution in [1.82, 2.24) is 19.3 Å². The van der Waals surface area contributed by atoms with Crippen molar-refractivity contribution in [2.75, 3.05) is 20.3 Å². The zero-order valence-electron chi connectivity index (χ0n) is 17.8. The number of carbonyl (C=O) groups excluding carboxylic acids is 1. The highest BCUT2D eigenvalue weighted by Crippen LogP contribution is 2.12. The van der Waals surface area contributed by atoms with E-state index in [0.717, 1.165) is 31.2 Å². The van der Waals surface area contributed by atoms with Crippen LogP contribution < -0.4 is 16.4 Å². The van der Waals surface area contributed by atoms with Gasteiger partial charge in [0, 0.05) is 26.4 Å². The molecule has 0 fully saturated rings. The van der Waals surface area contributed by atoms with Gasteiger partial charge in [-0.05, 0) is 31.0 Å². The van der Waals surface area contributed by atoms with Gasteiger partial charge in [-0.1, -0.05) is 32.3 Å². The summed E-state index contributed by atoms with van der Waals surface area (Å²) in [6.07, 6.45) is 5.80. The summed E-state index contributed by atoms with van der Waals surface area (Å²) in [5, 5.41) is 11.7. The third kappa shape index (κ3) is 4.43. The van der Waals surface area contributed by atoms with E-state index in [1.165, 1.54) is 10.5 Å². The van der Waals surface area contributed by atoms with Crippen molar-refractivity contribution in [3.8, 4) is 0 Å². The molecule has 0 spiro atoms. The standard InChI is InChI=1S/C22H29N5O3/c1-4-5-6-7-11-26-19(23)16(21(28)24-10-12-30-3)13-17-20(26)25-18-9-8-15(2)14-27(18)22(17)29/h8-9,13-14,23H,4-7,10-12H2,1-3H3,(H,24,28). The van der Waals surface area contributed by atoms with Gasteiger partial charge in [-0.2, -0.15) is 0 Å². The molecule has 3 aromatic rings. The van der Waals surface area contributed by atoms with Crippen molar-refractivity contribution in [3.63, 3.8) is 0 Å². The quantitative estimate of drug-likeness (QED) is 0.417. The molecule has 0 aromatic carbocycles. The molecule has 0 unspecified atom stereocenters. The maximum Gasteiger partial charge on any atom is 0.267 e. The Morgan fingerprint density at radius 1 is 1.27 bits per heavy atom. The fourth-order valence-electron chi connectivity index (χ4n) is 3.49. The second-order valence-corrected chi connectivity index (χ2v) is 7.46. The number of carbonyl (C=O) groups is 1. The summed E-state index contributed by atoms with van der Waals surface area (Å²) in [6.45, 7) is 5.28. The lowest BCUT2D eigenvalue weighted by atomic mass is 10.1. The van der Waals surface area contributed by atoms with Crippen LogP contribution in [0, 0.1) is 12.3 Å². The smallest absolute Gasteiger partial charge is 0.267 e. The monoisotopic (exact) mass is 411 g/mol. The van der Waals surface area contributed by atoms with Gasteiger partial charge in [-0.3, -0.25) is 19.4 Å². The predicted molar refractivity (Wildman–Crippen MR) is 116 cm³/mol. The summed E-state index contributed by atoms with van der Waals surface area (Å²) < 4.78 is 8.16. The van der Waals surface area contributed by atoms with Gasteiger partial charge in [0.15, 0.2) is 0 Å². The first kappa shape index (κ1) is 21.7. The molecule has 0 atom stereocenters. The van der Waals surface area contributed by atoms with Crippen LogP contribution in [0.4, 0.5) is 0 Å². The van der Waals surface area contributed by atoms with Crippen LogP contribution in [0.25, 0.3) is 16.7 Å². The second-order valence-electron chi connectivity index (χ2n) is 7.46. The van der Waals surface area contributed by atoms with Crippen molar-refractivity contribution in [1.29, 1.82) is 5.41 Å². The molecule has 0 bridgehead atoms. The zero-order valence-corrected chi connectivity index (χ0v) is 17.8. The number of hydrogen-bond donors (Lipinski definition) is 2. The topological polar surface area (TPSA) is 101 Å². The summed E-state index contributed by atoms with van der Waals surface area (Å²) >= 11 is 0.